The Hall–Kier alpha value is -0.900. The third kappa shape index (κ3) is 3.65. The van der Waals surface area contributed by atoms with Crippen molar-refractivity contribution in [3.8, 4) is 0 Å². The van der Waals surface area contributed by atoms with Crippen LogP contribution in [0.25, 0.3) is 0 Å². The molecule has 2 heterocycles. The summed E-state index contributed by atoms with van der Waals surface area (Å²) in [7, 11) is 0. The highest BCUT2D eigenvalue weighted by atomic mass is 16.5. The number of benzene rings is 1. The van der Waals surface area contributed by atoms with Crippen molar-refractivity contribution in [2.24, 2.45) is 0 Å². The summed E-state index contributed by atoms with van der Waals surface area (Å²) in [6.45, 7) is 9.87. The lowest BCUT2D eigenvalue weighted by atomic mass is 10.00. The highest BCUT2D eigenvalue weighted by Gasteiger charge is 2.35. The Morgan fingerprint density at radius 1 is 1.29 bits per heavy atom. The Bertz CT molecular complexity index is 460. The quantitative estimate of drug-likeness (QED) is 0.925. The number of rotatable bonds is 3. The van der Waals surface area contributed by atoms with Crippen molar-refractivity contribution in [3.63, 3.8) is 0 Å². The van der Waals surface area contributed by atoms with Crippen LogP contribution in [0.2, 0.25) is 0 Å². The van der Waals surface area contributed by atoms with E-state index in [0.29, 0.717) is 18.2 Å². The van der Waals surface area contributed by atoms with Gasteiger partial charge in [0.1, 0.15) is 0 Å². The minimum Gasteiger partial charge on any atom is -0.371 e. The van der Waals surface area contributed by atoms with Crippen molar-refractivity contribution in [2.75, 3.05) is 19.6 Å². The maximum atomic E-state index is 6.21. The van der Waals surface area contributed by atoms with E-state index in [4.69, 9.17) is 4.74 Å². The van der Waals surface area contributed by atoms with Crippen LogP contribution in [0.3, 0.4) is 0 Å². The number of piperazine rings is 1. The molecule has 2 aliphatic heterocycles. The largest absolute Gasteiger partial charge is 0.371 e. The van der Waals surface area contributed by atoms with Crippen molar-refractivity contribution in [2.45, 2.75) is 57.4 Å². The van der Waals surface area contributed by atoms with Gasteiger partial charge in [-0.05, 0) is 39.2 Å². The van der Waals surface area contributed by atoms with E-state index < -0.39 is 0 Å². The summed E-state index contributed by atoms with van der Waals surface area (Å²) in [6, 6.07) is 11.9. The summed E-state index contributed by atoms with van der Waals surface area (Å²) < 4.78 is 6.21. The first-order chi connectivity index (χ1) is 10.0. The maximum absolute atomic E-state index is 6.21. The molecule has 3 heteroatoms. The van der Waals surface area contributed by atoms with E-state index in [1.165, 1.54) is 18.4 Å². The Kier molecular flexibility index (Phi) is 4.34. The molecule has 0 radical (unpaired) electrons. The molecule has 0 aliphatic carbocycles. The van der Waals surface area contributed by atoms with Gasteiger partial charge in [-0.15, -0.1) is 0 Å². The number of nitrogens with one attached hydrogen (secondary N) is 1. The van der Waals surface area contributed by atoms with Crippen LogP contribution in [0.1, 0.15) is 45.2 Å². The minimum absolute atomic E-state index is 0.0621. The molecule has 3 atom stereocenters. The fraction of sp³-hybridized carbons (Fsp3) is 0.667. The fourth-order valence-corrected chi connectivity index (χ4v) is 3.66. The Morgan fingerprint density at radius 2 is 2.05 bits per heavy atom. The molecular formula is C18H28N2O. The van der Waals surface area contributed by atoms with E-state index in [9.17, 15) is 0 Å². The van der Waals surface area contributed by atoms with Crippen molar-refractivity contribution >= 4 is 0 Å². The van der Waals surface area contributed by atoms with Crippen molar-refractivity contribution in [3.05, 3.63) is 35.9 Å². The Labute approximate surface area is 128 Å². The standard InChI is InChI=1S/C18H28N2O/c1-14-12-20(13-16-9-10-18(2,3)21-16)17(11-19-14)15-7-5-4-6-8-15/h4-8,14,16-17,19H,9-13H2,1-3H3. The van der Waals surface area contributed by atoms with E-state index in [1.807, 2.05) is 0 Å². The molecule has 1 N–H and O–H groups in total. The van der Waals surface area contributed by atoms with Gasteiger partial charge in [0.25, 0.3) is 0 Å². The second-order valence-electron chi connectivity index (χ2n) is 7.23. The molecule has 2 saturated heterocycles. The average molecular weight is 288 g/mol. The summed E-state index contributed by atoms with van der Waals surface area (Å²) in [5.41, 5.74) is 1.47. The normalized spacial score (nSPS) is 33.2. The number of ether oxygens (including phenoxy) is 1. The highest BCUT2D eigenvalue weighted by Crippen LogP contribution is 2.32. The van der Waals surface area contributed by atoms with Gasteiger partial charge in [-0.3, -0.25) is 4.90 Å². The fourth-order valence-electron chi connectivity index (χ4n) is 3.66. The lowest BCUT2D eigenvalue weighted by Gasteiger charge is -2.41. The van der Waals surface area contributed by atoms with E-state index >= 15 is 0 Å². The summed E-state index contributed by atoms with van der Waals surface area (Å²) in [6.07, 6.45) is 2.75. The van der Waals surface area contributed by atoms with Gasteiger partial charge in [0, 0.05) is 31.7 Å². The SMILES string of the molecule is CC1CN(CC2CCC(C)(C)O2)C(c2ccccc2)CN1. The van der Waals surface area contributed by atoms with E-state index in [-0.39, 0.29) is 5.60 Å². The zero-order valence-corrected chi connectivity index (χ0v) is 13.5. The van der Waals surface area contributed by atoms with Gasteiger partial charge in [-0.25, -0.2) is 0 Å². The first-order valence-electron chi connectivity index (χ1n) is 8.24. The molecule has 1 aromatic rings. The molecule has 116 valence electrons. The second-order valence-corrected chi connectivity index (χ2v) is 7.23. The summed E-state index contributed by atoms with van der Waals surface area (Å²) in [4.78, 5) is 2.61. The van der Waals surface area contributed by atoms with E-state index in [0.717, 1.165) is 19.6 Å². The molecule has 2 fully saturated rings. The predicted molar refractivity (Wildman–Crippen MR) is 86.4 cm³/mol. The maximum Gasteiger partial charge on any atom is 0.0710 e. The van der Waals surface area contributed by atoms with E-state index in [2.05, 4.69) is 61.3 Å². The van der Waals surface area contributed by atoms with E-state index in [1.54, 1.807) is 0 Å². The van der Waals surface area contributed by atoms with Crippen molar-refractivity contribution in [1.82, 2.24) is 10.2 Å². The molecule has 3 nitrogen and oxygen atoms in total. The van der Waals surface area contributed by atoms with Crippen LogP contribution in [0.5, 0.6) is 0 Å². The molecule has 0 amide bonds. The van der Waals surface area contributed by atoms with Crippen LogP contribution in [-0.4, -0.2) is 42.3 Å². The molecule has 3 rings (SSSR count). The average Bonchev–Trinajstić information content (AvgIpc) is 2.79. The second kappa shape index (κ2) is 6.07. The molecule has 1 aromatic carbocycles. The van der Waals surface area contributed by atoms with Crippen LogP contribution >= 0.6 is 0 Å². The Balaban J connectivity index is 1.70. The van der Waals surface area contributed by atoms with Gasteiger partial charge in [0.15, 0.2) is 0 Å². The van der Waals surface area contributed by atoms with Gasteiger partial charge >= 0.3 is 0 Å². The summed E-state index contributed by atoms with van der Waals surface area (Å²) in [5.74, 6) is 0. The molecule has 3 unspecified atom stereocenters. The van der Waals surface area contributed by atoms with Crippen LogP contribution in [-0.2, 0) is 4.74 Å². The first-order valence-corrected chi connectivity index (χ1v) is 8.24. The predicted octanol–water partition coefficient (Wildman–Crippen LogP) is 2.98. The lowest BCUT2D eigenvalue weighted by molar-refractivity contribution is -0.0382. The van der Waals surface area contributed by atoms with Crippen LogP contribution in [0.15, 0.2) is 30.3 Å². The molecule has 21 heavy (non-hydrogen) atoms. The van der Waals surface area contributed by atoms with Gasteiger partial charge in [-0.1, -0.05) is 30.3 Å². The molecule has 0 saturated carbocycles. The number of hydrogen-bond acceptors (Lipinski definition) is 3. The van der Waals surface area contributed by atoms with Crippen molar-refractivity contribution in [1.29, 1.82) is 0 Å². The topological polar surface area (TPSA) is 24.5 Å². The summed E-state index contributed by atoms with van der Waals surface area (Å²) in [5, 5.41) is 3.62. The third-order valence-electron chi connectivity index (χ3n) is 4.79. The Morgan fingerprint density at radius 3 is 2.71 bits per heavy atom. The molecule has 2 aliphatic rings. The molecule has 0 aromatic heterocycles. The lowest BCUT2D eigenvalue weighted by Crippen LogP contribution is -2.52. The zero-order valence-electron chi connectivity index (χ0n) is 13.5. The molecule has 0 bridgehead atoms. The first kappa shape index (κ1) is 15.0. The number of nitrogens with zero attached hydrogens (tertiary/aromatic N) is 1. The van der Waals surface area contributed by atoms with Gasteiger partial charge < -0.3 is 10.1 Å². The highest BCUT2D eigenvalue weighted by molar-refractivity contribution is 5.20. The zero-order chi connectivity index (χ0) is 14.9. The third-order valence-corrected chi connectivity index (χ3v) is 4.79. The minimum atomic E-state index is 0.0621. The van der Waals surface area contributed by atoms with Crippen LogP contribution < -0.4 is 5.32 Å². The van der Waals surface area contributed by atoms with Crippen molar-refractivity contribution < 1.29 is 4.74 Å². The molecular weight excluding hydrogens is 260 g/mol. The molecule has 0 spiro atoms. The monoisotopic (exact) mass is 288 g/mol. The van der Waals surface area contributed by atoms with Gasteiger partial charge in [0.05, 0.1) is 11.7 Å². The number of hydrogen-bond donors (Lipinski definition) is 1. The van der Waals surface area contributed by atoms with Gasteiger partial charge in [-0.2, -0.15) is 0 Å². The van der Waals surface area contributed by atoms with Crippen LogP contribution in [0, 0.1) is 0 Å². The van der Waals surface area contributed by atoms with Crippen LogP contribution in [0.4, 0.5) is 0 Å². The summed E-state index contributed by atoms with van der Waals surface area (Å²) >= 11 is 0. The van der Waals surface area contributed by atoms with Gasteiger partial charge in [0.2, 0.25) is 0 Å². The smallest absolute Gasteiger partial charge is 0.0710 e.